The molecule has 15 heavy (non-hydrogen) atoms. The van der Waals surface area contributed by atoms with Crippen LogP contribution in [0.1, 0.15) is 5.56 Å². The van der Waals surface area contributed by atoms with E-state index in [1.165, 1.54) is 6.21 Å². The summed E-state index contributed by atoms with van der Waals surface area (Å²) in [5.41, 5.74) is 1.51. The van der Waals surface area contributed by atoms with Crippen molar-refractivity contribution < 1.29 is 5.21 Å². The van der Waals surface area contributed by atoms with Crippen molar-refractivity contribution in [2.75, 3.05) is 0 Å². The van der Waals surface area contributed by atoms with Gasteiger partial charge in [-0.15, -0.1) is 0 Å². The summed E-state index contributed by atoms with van der Waals surface area (Å²) in [6, 6.07) is 5.55. The molecule has 0 aliphatic carbocycles. The quantitative estimate of drug-likeness (QED) is 0.377. The number of oxime groups is 1. The van der Waals surface area contributed by atoms with E-state index in [-0.39, 0.29) is 0 Å². The van der Waals surface area contributed by atoms with E-state index in [1.54, 1.807) is 12.3 Å². The predicted octanol–water partition coefficient (Wildman–Crippen LogP) is 3.30. The highest BCUT2D eigenvalue weighted by atomic mass is 127. The third-order valence-corrected chi connectivity index (χ3v) is 3.00. The molecule has 0 radical (unpaired) electrons. The fourth-order valence-corrected chi connectivity index (χ4v) is 2.03. The van der Waals surface area contributed by atoms with Crippen LogP contribution in [0.15, 0.2) is 29.6 Å². The van der Waals surface area contributed by atoms with Crippen LogP contribution in [-0.2, 0) is 0 Å². The van der Waals surface area contributed by atoms with Gasteiger partial charge in [-0.2, -0.15) is 0 Å². The van der Waals surface area contributed by atoms with Crippen LogP contribution in [0, 0.1) is 3.57 Å². The van der Waals surface area contributed by atoms with E-state index in [1.807, 2.05) is 12.1 Å². The minimum absolute atomic E-state index is 0.552. The van der Waals surface area contributed by atoms with Crippen molar-refractivity contribution in [3.63, 3.8) is 0 Å². The highest BCUT2D eigenvalue weighted by Gasteiger charge is 2.05. The molecule has 2 rings (SSSR count). The first-order chi connectivity index (χ1) is 7.22. The second-order valence-corrected chi connectivity index (χ2v) is 4.56. The monoisotopic (exact) mass is 332 g/mol. The van der Waals surface area contributed by atoms with Crippen molar-refractivity contribution in [1.29, 1.82) is 0 Å². The SMILES string of the molecule is O/N=C/c1ccc2ncc(I)cc2c1Cl. The van der Waals surface area contributed by atoms with E-state index in [0.717, 1.165) is 14.5 Å². The molecule has 0 fully saturated rings. The number of halogens is 2. The average molecular weight is 333 g/mol. The summed E-state index contributed by atoms with van der Waals surface area (Å²) in [7, 11) is 0. The Kier molecular flexibility index (Phi) is 3.06. The van der Waals surface area contributed by atoms with Gasteiger partial charge in [0.15, 0.2) is 0 Å². The minimum Gasteiger partial charge on any atom is -0.411 e. The molecule has 1 N–H and O–H groups in total. The Morgan fingerprint density at radius 2 is 2.27 bits per heavy atom. The first kappa shape index (κ1) is 10.6. The molecule has 0 saturated heterocycles. The summed E-state index contributed by atoms with van der Waals surface area (Å²) >= 11 is 8.32. The molecule has 0 aliphatic rings. The Morgan fingerprint density at radius 1 is 1.47 bits per heavy atom. The van der Waals surface area contributed by atoms with Crippen molar-refractivity contribution in [2.24, 2.45) is 5.16 Å². The zero-order valence-corrected chi connectivity index (χ0v) is 10.4. The maximum atomic E-state index is 8.46. The van der Waals surface area contributed by atoms with E-state index in [2.05, 4.69) is 32.7 Å². The highest BCUT2D eigenvalue weighted by molar-refractivity contribution is 14.1. The summed E-state index contributed by atoms with van der Waals surface area (Å²) in [4.78, 5) is 4.24. The summed E-state index contributed by atoms with van der Waals surface area (Å²) in [6.45, 7) is 0. The van der Waals surface area contributed by atoms with Crippen LogP contribution in [0.2, 0.25) is 5.02 Å². The van der Waals surface area contributed by atoms with Crippen LogP contribution in [0.3, 0.4) is 0 Å². The molecule has 0 bridgehead atoms. The molecule has 0 amide bonds. The molecule has 1 aromatic heterocycles. The Balaban J connectivity index is 2.76. The lowest BCUT2D eigenvalue weighted by molar-refractivity contribution is 0.322. The van der Waals surface area contributed by atoms with Gasteiger partial charge in [-0.3, -0.25) is 4.98 Å². The number of aromatic nitrogens is 1. The van der Waals surface area contributed by atoms with Gasteiger partial charge in [-0.25, -0.2) is 0 Å². The lowest BCUT2D eigenvalue weighted by atomic mass is 10.1. The summed E-state index contributed by atoms with van der Waals surface area (Å²) in [5.74, 6) is 0. The molecular formula is C10H6ClIN2O. The molecule has 3 nitrogen and oxygen atoms in total. The van der Waals surface area contributed by atoms with Gasteiger partial charge >= 0.3 is 0 Å². The first-order valence-electron chi connectivity index (χ1n) is 4.13. The number of benzene rings is 1. The van der Waals surface area contributed by atoms with Gasteiger partial charge in [-0.1, -0.05) is 16.8 Å². The van der Waals surface area contributed by atoms with Crippen LogP contribution >= 0.6 is 34.2 Å². The summed E-state index contributed by atoms with van der Waals surface area (Å²) in [6.07, 6.45) is 3.08. The number of hydrogen-bond acceptors (Lipinski definition) is 3. The van der Waals surface area contributed by atoms with Crippen molar-refractivity contribution in [2.45, 2.75) is 0 Å². The lowest BCUT2D eigenvalue weighted by Crippen LogP contribution is -1.88. The van der Waals surface area contributed by atoms with E-state index < -0.39 is 0 Å². The molecule has 0 atom stereocenters. The molecule has 1 heterocycles. The van der Waals surface area contributed by atoms with Crippen molar-refractivity contribution in [1.82, 2.24) is 4.98 Å². The molecule has 0 spiro atoms. The minimum atomic E-state index is 0.552. The molecule has 0 unspecified atom stereocenters. The molecule has 0 saturated carbocycles. The normalized spacial score (nSPS) is 11.3. The standard InChI is InChI=1S/C10H6ClIN2O/c11-10-6(4-14-15)1-2-9-8(10)3-7(12)5-13-9/h1-5,15H/b14-4+. The Labute approximate surface area is 105 Å². The summed E-state index contributed by atoms with van der Waals surface area (Å²) in [5, 5.41) is 12.8. The predicted molar refractivity (Wildman–Crippen MR) is 68.9 cm³/mol. The molecular weight excluding hydrogens is 326 g/mol. The number of nitrogens with zero attached hydrogens (tertiary/aromatic N) is 2. The zero-order valence-electron chi connectivity index (χ0n) is 7.48. The van der Waals surface area contributed by atoms with E-state index in [4.69, 9.17) is 16.8 Å². The topological polar surface area (TPSA) is 45.5 Å². The maximum absolute atomic E-state index is 8.46. The molecule has 5 heteroatoms. The van der Waals surface area contributed by atoms with Gasteiger partial charge in [0.25, 0.3) is 0 Å². The fourth-order valence-electron chi connectivity index (χ4n) is 1.32. The van der Waals surface area contributed by atoms with Crippen molar-refractivity contribution in [3.8, 4) is 0 Å². The fraction of sp³-hybridized carbons (Fsp3) is 0. The third kappa shape index (κ3) is 2.05. The Hall–Kier alpha value is -0.880. The van der Waals surface area contributed by atoms with Gasteiger partial charge < -0.3 is 5.21 Å². The van der Waals surface area contributed by atoms with E-state index >= 15 is 0 Å². The lowest BCUT2D eigenvalue weighted by Gasteiger charge is -2.03. The van der Waals surface area contributed by atoms with Crippen molar-refractivity contribution >= 4 is 51.3 Å². The smallest absolute Gasteiger partial charge is 0.0749 e. The average Bonchev–Trinajstić information content (AvgIpc) is 2.23. The summed E-state index contributed by atoms with van der Waals surface area (Å²) < 4.78 is 1.01. The van der Waals surface area contributed by atoms with Gasteiger partial charge in [0.05, 0.1) is 16.8 Å². The van der Waals surface area contributed by atoms with Crippen molar-refractivity contribution in [3.05, 3.63) is 38.6 Å². The molecule has 76 valence electrons. The largest absolute Gasteiger partial charge is 0.411 e. The third-order valence-electron chi connectivity index (χ3n) is 1.99. The Morgan fingerprint density at radius 3 is 3.00 bits per heavy atom. The van der Waals surface area contributed by atoms with Crippen LogP contribution in [0.25, 0.3) is 10.9 Å². The highest BCUT2D eigenvalue weighted by Crippen LogP contribution is 2.26. The van der Waals surface area contributed by atoms with Crippen LogP contribution in [-0.4, -0.2) is 16.4 Å². The van der Waals surface area contributed by atoms with Gasteiger partial charge in [0.1, 0.15) is 0 Å². The molecule has 2 aromatic rings. The maximum Gasteiger partial charge on any atom is 0.0749 e. The second-order valence-electron chi connectivity index (χ2n) is 2.93. The zero-order chi connectivity index (χ0) is 10.8. The van der Waals surface area contributed by atoms with E-state index in [0.29, 0.717) is 10.6 Å². The number of rotatable bonds is 1. The van der Waals surface area contributed by atoms with Gasteiger partial charge in [0.2, 0.25) is 0 Å². The van der Waals surface area contributed by atoms with Crippen LogP contribution in [0.5, 0.6) is 0 Å². The number of pyridine rings is 1. The second kappa shape index (κ2) is 4.32. The van der Waals surface area contributed by atoms with Gasteiger partial charge in [-0.05, 0) is 40.8 Å². The first-order valence-corrected chi connectivity index (χ1v) is 5.59. The van der Waals surface area contributed by atoms with E-state index in [9.17, 15) is 0 Å². The van der Waals surface area contributed by atoms with Crippen LogP contribution < -0.4 is 0 Å². The molecule has 0 aliphatic heterocycles. The molecule has 1 aromatic carbocycles. The number of hydrogen-bond donors (Lipinski definition) is 1. The van der Waals surface area contributed by atoms with Crippen LogP contribution in [0.4, 0.5) is 0 Å². The van der Waals surface area contributed by atoms with Gasteiger partial charge in [0, 0.05) is 20.7 Å². The Bertz CT molecular complexity index is 542. The number of fused-ring (bicyclic) bond motifs is 1.